The van der Waals surface area contributed by atoms with Gasteiger partial charge in [-0.1, -0.05) is 6.07 Å². The second-order valence-electron chi connectivity index (χ2n) is 4.92. The van der Waals surface area contributed by atoms with Crippen LogP contribution in [0.3, 0.4) is 0 Å². The first kappa shape index (κ1) is 14.6. The largest absolute Gasteiger partial charge is 0.491 e. The second-order valence-corrected chi connectivity index (χ2v) is 4.92. The summed E-state index contributed by atoms with van der Waals surface area (Å²) in [5, 5.41) is 13.0. The third-order valence-corrected chi connectivity index (χ3v) is 3.18. The standard InChI is InChI=1S/C16H21NO3/c1-12-5-6-15(8-13(12)2)20-11-14(18)9-17-10-16-4-3-7-19-16/h3-8,14,17-18H,9-11H2,1-2H3. The fraction of sp³-hybridized carbons (Fsp3) is 0.375. The Morgan fingerprint density at radius 3 is 2.80 bits per heavy atom. The van der Waals surface area contributed by atoms with E-state index in [9.17, 15) is 5.11 Å². The van der Waals surface area contributed by atoms with Crippen LogP contribution in [0.2, 0.25) is 0 Å². The summed E-state index contributed by atoms with van der Waals surface area (Å²) < 4.78 is 10.8. The van der Waals surface area contributed by atoms with Crippen LogP contribution in [0, 0.1) is 13.8 Å². The predicted molar refractivity (Wildman–Crippen MR) is 77.8 cm³/mol. The lowest BCUT2D eigenvalue weighted by atomic mass is 10.1. The Morgan fingerprint density at radius 2 is 2.10 bits per heavy atom. The zero-order valence-electron chi connectivity index (χ0n) is 11.9. The van der Waals surface area contributed by atoms with Crippen LogP contribution >= 0.6 is 0 Å². The molecule has 0 aliphatic carbocycles. The number of benzene rings is 1. The van der Waals surface area contributed by atoms with Crippen LogP contribution in [-0.2, 0) is 6.54 Å². The normalized spacial score (nSPS) is 12.3. The monoisotopic (exact) mass is 275 g/mol. The van der Waals surface area contributed by atoms with Gasteiger partial charge in [-0.05, 0) is 49.2 Å². The van der Waals surface area contributed by atoms with Gasteiger partial charge < -0.3 is 19.6 Å². The van der Waals surface area contributed by atoms with E-state index in [0.29, 0.717) is 13.1 Å². The Kier molecular flexibility index (Phi) is 5.21. The highest BCUT2D eigenvalue weighted by atomic mass is 16.5. The molecular formula is C16H21NO3. The Hall–Kier alpha value is -1.78. The van der Waals surface area contributed by atoms with Crippen molar-refractivity contribution in [1.82, 2.24) is 5.32 Å². The average Bonchev–Trinajstić information content (AvgIpc) is 2.93. The summed E-state index contributed by atoms with van der Waals surface area (Å²) in [4.78, 5) is 0. The van der Waals surface area contributed by atoms with Gasteiger partial charge in [-0.2, -0.15) is 0 Å². The van der Waals surface area contributed by atoms with Crippen LogP contribution in [0.5, 0.6) is 5.75 Å². The SMILES string of the molecule is Cc1ccc(OCC(O)CNCc2ccco2)cc1C. The minimum atomic E-state index is -0.549. The number of aryl methyl sites for hydroxylation is 2. The summed E-state index contributed by atoms with van der Waals surface area (Å²) in [7, 11) is 0. The summed E-state index contributed by atoms with van der Waals surface area (Å²) in [5.74, 6) is 1.64. The van der Waals surface area contributed by atoms with E-state index in [-0.39, 0.29) is 6.61 Å². The Bertz CT molecular complexity index is 523. The number of hydrogen-bond donors (Lipinski definition) is 2. The molecule has 0 bridgehead atoms. The van der Waals surface area contributed by atoms with Gasteiger partial charge in [-0.25, -0.2) is 0 Å². The van der Waals surface area contributed by atoms with Gasteiger partial charge in [0.2, 0.25) is 0 Å². The molecule has 2 rings (SSSR count). The van der Waals surface area contributed by atoms with E-state index in [0.717, 1.165) is 11.5 Å². The molecule has 0 aliphatic heterocycles. The summed E-state index contributed by atoms with van der Waals surface area (Å²) in [5.41, 5.74) is 2.42. The minimum absolute atomic E-state index is 0.271. The molecule has 0 saturated heterocycles. The maximum absolute atomic E-state index is 9.84. The smallest absolute Gasteiger partial charge is 0.119 e. The summed E-state index contributed by atoms with van der Waals surface area (Å²) in [6.07, 6.45) is 1.09. The molecule has 108 valence electrons. The summed E-state index contributed by atoms with van der Waals surface area (Å²) in [6.45, 7) is 5.45. The minimum Gasteiger partial charge on any atom is -0.491 e. The molecule has 0 spiro atoms. The highest BCUT2D eigenvalue weighted by Gasteiger charge is 2.06. The van der Waals surface area contributed by atoms with E-state index in [1.165, 1.54) is 11.1 Å². The van der Waals surface area contributed by atoms with Gasteiger partial charge in [0, 0.05) is 6.54 Å². The highest BCUT2D eigenvalue weighted by molar-refractivity contribution is 5.33. The number of hydrogen-bond acceptors (Lipinski definition) is 4. The van der Waals surface area contributed by atoms with Gasteiger partial charge in [-0.3, -0.25) is 0 Å². The molecule has 0 aliphatic rings. The molecule has 4 heteroatoms. The number of aliphatic hydroxyl groups is 1. The molecule has 1 aromatic heterocycles. The van der Waals surface area contributed by atoms with E-state index in [2.05, 4.69) is 12.2 Å². The first-order valence-corrected chi connectivity index (χ1v) is 6.76. The van der Waals surface area contributed by atoms with E-state index in [4.69, 9.17) is 9.15 Å². The van der Waals surface area contributed by atoms with Crippen LogP contribution in [-0.4, -0.2) is 24.4 Å². The quantitative estimate of drug-likeness (QED) is 0.815. The van der Waals surface area contributed by atoms with Crippen molar-refractivity contribution in [1.29, 1.82) is 0 Å². The molecule has 0 fully saturated rings. The average molecular weight is 275 g/mol. The molecular weight excluding hydrogens is 254 g/mol. The van der Waals surface area contributed by atoms with Crippen molar-refractivity contribution in [3.8, 4) is 5.75 Å². The molecule has 1 unspecified atom stereocenters. The topological polar surface area (TPSA) is 54.6 Å². The lowest BCUT2D eigenvalue weighted by Crippen LogP contribution is -2.31. The van der Waals surface area contributed by atoms with Crippen molar-refractivity contribution in [2.75, 3.05) is 13.2 Å². The van der Waals surface area contributed by atoms with Gasteiger partial charge in [0.1, 0.15) is 24.2 Å². The summed E-state index contributed by atoms with van der Waals surface area (Å²) in [6, 6.07) is 9.66. The predicted octanol–water partition coefficient (Wildman–Crippen LogP) is 2.43. The van der Waals surface area contributed by atoms with Gasteiger partial charge in [0.25, 0.3) is 0 Å². The van der Waals surface area contributed by atoms with Crippen LogP contribution in [0.25, 0.3) is 0 Å². The Morgan fingerprint density at radius 1 is 1.25 bits per heavy atom. The van der Waals surface area contributed by atoms with Crippen molar-refractivity contribution >= 4 is 0 Å². The molecule has 1 atom stereocenters. The van der Waals surface area contributed by atoms with Gasteiger partial charge in [0.05, 0.1) is 12.8 Å². The fourth-order valence-electron chi connectivity index (χ4n) is 1.83. The first-order valence-electron chi connectivity index (χ1n) is 6.76. The molecule has 0 amide bonds. The molecule has 2 N–H and O–H groups in total. The first-order chi connectivity index (χ1) is 9.65. The molecule has 0 saturated carbocycles. The zero-order valence-corrected chi connectivity index (χ0v) is 11.9. The lowest BCUT2D eigenvalue weighted by Gasteiger charge is -2.13. The van der Waals surface area contributed by atoms with Crippen molar-refractivity contribution in [3.63, 3.8) is 0 Å². The molecule has 20 heavy (non-hydrogen) atoms. The number of aliphatic hydroxyl groups excluding tert-OH is 1. The summed E-state index contributed by atoms with van der Waals surface area (Å²) >= 11 is 0. The van der Waals surface area contributed by atoms with Crippen molar-refractivity contribution in [3.05, 3.63) is 53.5 Å². The van der Waals surface area contributed by atoms with E-state index in [1.54, 1.807) is 6.26 Å². The molecule has 1 heterocycles. The number of nitrogens with one attached hydrogen (secondary N) is 1. The van der Waals surface area contributed by atoms with Crippen molar-refractivity contribution in [2.45, 2.75) is 26.5 Å². The number of ether oxygens (including phenoxy) is 1. The van der Waals surface area contributed by atoms with Crippen molar-refractivity contribution < 1.29 is 14.3 Å². The molecule has 2 aromatic rings. The van der Waals surface area contributed by atoms with E-state index in [1.807, 2.05) is 37.3 Å². The molecule has 0 radical (unpaired) electrons. The molecule has 4 nitrogen and oxygen atoms in total. The molecule has 1 aromatic carbocycles. The Balaban J connectivity index is 1.69. The van der Waals surface area contributed by atoms with Gasteiger partial charge >= 0.3 is 0 Å². The maximum atomic E-state index is 9.84. The highest BCUT2D eigenvalue weighted by Crippen LogP contribution is 2.16. The van der Waals surface area contributed by atoms with Crippen molar-refractivity contribution in [2.24, 2.45) is 0 Å². The fourth-order valence-corrected chi connectivity index (χ4v) is 1.83. The van der Waals surface area contributed by atoms with Crippen LogP contribution in [0.15, 0.2) is 41.0 Å². The van der Waals surface area contributed by atoms with Gasteiger partial charge in [-0.15, -0.1) is 0 Å². The maximum Gasteiger partial charge on any atom is 0.119 e. The lowest BCUT2D eigenvalue weighted by molar-refractivity contribution is 0.105. The third kappa shape index (κ3) is 4.40. The van der Waals surface area contributed by atoms with Crippen LogP contribution < -0.4 is 10.1 Å². The van der Waals surface area contributed by atoms with Crippen LogP contribution in [0.4, 0.5) is 0 Å². The second kappa shape index (κ2) is 7.12. The third-order valence-electron chi connectivity index (χ3n) is 3.18. The van der Waals surface area contributed by atoms with Gasteiger partial charge in [0.15, 0.2) is 0 Å². The van der Waals surface area contributed by atoms with E-state index < -0.39 is 6.10 Å². The van der Waals surface area contributed by atoms with Crippen LogP contribution in [0.1, 0.15) is 16.9 Å². The number of rotatable bonds is 7. The zero-order chi connectivity index (χ0) is 14.4. The van der Waals surface area contributed by atoms with E-state index >= 15 is 0 Å². The Labute approximate surface area is 119 Å². The number of furan rings is 1.